The van der Waals surface area contributed by atoms with Crippen LogP contribution in [0.3, 0.4) is 0 Å². The minimum atomic E-state index is -0.944. The highest BCUT2D eigenvalue weighted by Gasteiger charge is 2.25. The largest absolute Gasteiger partial charge is 0.482 e. The van der Waals surface area contributed by atoms with Crippen molar-refractivity contribution in [2.45, 2.75) is 58.5 Å². The number of unbranched alkanes of at least 4 members (excludes halogenated alkanes) is 4. The van der Waals surface area contributed by atoms with Gasteiger partial charge in [0, 0.05) is 38.3 Å². The van der Waals surface area contributed by atoms with Crippen molar-refractivity contribution in [1.29, 1.82) is 0 Å². The molecule has 1 aliphatic rings. The smallest absolute Gasteiger partial charge is 0.333 e. The Kier molecular flexibility index (Phi) is 10.4. The van der Waals surface area contributed by atoms with Crippen LogP contribution in [0, 0.1) is 0 Å². The summed E-state index contributed by atoms with van der Waals surface area (Å²) in [6.07, 6.45) is 5.44. The van der Waals surface area contributed by atoms with E-state index in [9.17, 15) is 14.7 Å². The summed E-state index contributed by atoms with van der Waals surface area (Å²) in [5, 5.41) is 9.38. The molecule has 0 aromatic heterocycles. The maximum atomic E-state index is 12.6. The molecule has 0 saturated carbocycles. The second kappa shape index (κ2) is 13.7. The van der Waals surface area contributed by atoms with Crippen molar-refractivity contribution in [2.75, 3.05) is 42.6 Å². The second-order valence-electron chi connectivity index (χ2n) is 8.86. The van der Waals surface area contributed by atoms with E-state index in [0.717, 1.165) is 35.7 Å². The van der Waals surface area contributed by atoms with Gasteiger partial charge in [-0.2, -0.15) is 0 Å². The molecule has 1 unspecified atom stereocenters. The van der Waals surface area contributed by atoms with E-state index >= 15 is 0 Å². The molecule has 1 aliphatic heterocycles. The summed E-state index contributed by atoms with van der Waals surface area (Å²) >= 11 is 0. The fraction of sp³-hybridized carbons (Fsp3) is 0.500. The van der Waals surface area contributed by atoms with E-state index in [1.807, 2.05) is 53.4 Å². The molecule has 0 fully saturated rings. The molecule has 0 bridgehead atoms. The number of para-hydroxylation sites is 2. The number of carbonyl (C=O) groups is 2. The van der Waals surface area contributed by atoms with Crippen LogP contribution in [0.4, 0.5) is 11.4 Å². The van der Waals surface area contributed by atoms with Crippen molar-refractivity contribution in [2.24, 2.45) is 0 Å². The van der Waals surface area contributed by atoms with Crippen LogP contribution in [0.25, 0.3) is 0 Å². The Morgan fingerprint density at radius 3 is 2.51 bits per heavy atom. The number of ether oxygens (including phenoxy) is 2. The Morgan fingerprint density at radius 1 is 1.06 bits per heavy atom. The van der Waals surface area contributed by atoms with Gasteiger partial charge >= 0.3 is 5.97 Å². The number of carboxylic acid groups (broad SMARTS) is 1. The molecule has 2 aromatic rings. The first-order valence-electron chi connectivity index (χ1n) is 12.7. The van der Waals surface area contributed by atoms with Gasteiger partial charge in [-0.25, -0.2) is 4.79 Å². The van der Waals surface area contributed by atoms with Crippen LogP contribution in [0.1, 0.15) is 51.5 Å². The summed E-state index contributed by atoms with van der Waals surface area (Å²) in [5.41, 5.74) is 2.81. The van der Waals surface area contributed by atoms with Gasteiger partial charge in [0.05, 0.1) is 5.69 Å². The number of nitrogens with zero attached hydrogens (tertiary/aromatic N) is 2. The molecule has 1 N–H and O–H groups in total. The molecule has 7 nitrogen and oxygen atoms in total. The van der Waals surface area contributed by atoms with E-state index in [1.165, 1.54) is 25.7 Å². The Hall–Kier alpha value is -3.06. The monoisotopic (exact) mass is 482 g/mol. The first kappa shape index (κ1) is 26.5. The summed E-state index contributed by atoms with van der Waals surface area (Å²) in [6, 6.07) is 15.7. The summed E-state index contributed by atoms with van der Waals surface area (Å²) in [5.74, 6) is -0.234. The molecule has 0 spiro atoms. The Labute approximate surface area is 208 Å². The number of amides is 1. The predicted octanol–water partition coefficient (Wildman–Crippen LogP) is 4.92. The van der Waals surface area contributed by atoms with Crippen LogP contribution in [0.15, 0.2) is 48.5 Å². The Morgan fingerprint density at radius 2 is 1.80 bits per heavy atom. The van der Waals surface area contributed by atoms with Gasteiger partial charge < -0.3 is 24.4 Å². The molecule has 2 aromatic carbocycles. The van der Waals surface area contributed by atoms with Crippen LogP contribution < -0.4 is 14.5 Å². The van der Waals surface area contributed by atoms with Crippen molar-refractivity contribution in [3.8, 4) is 5.75 Å². The maximum absolute atomic E-state index is 12.6. The first-order valence-corrected chi connectivity index (χ1v) is 12.7. The van der Waals surface area contributed by atoms with E-state index in [0.29, 0.717) is 26.1 Å². The van der Waals surface area contributed by atoms with E-state index in [2.05, 4.69) is 11.8 Å². The molecule has 0 radical (unpaired) electrons. The van der Waals surface area contributed by atoms with Gasteiger partial charge in [-0.15, -0.1) is 0 Å². The van der Waals surface area contributed by atoms with Crippen LogP contribution >= 0.6 is 0 Å². The third kappa shape index (κ3) is 7.72. The van der Waals surface area contributed by atoms with Gasteiger partial charge in [0.25, 0.3) is 5.91 Å². The molecule has 0 saturated heterocycles. The number of fused-ring (bicyclic) bond motifs is 1. The fourth-order valence-electron chi connectivity index (χ4n) is 4.37. The van der Waals surface area contributed by atoms with Gasteiger partial charge in [0.1, 0.15) is 5.75 Å². The fourth-order valence-corrected chi connectivity index (χ4v) is 4.37. The number of hydrogen-bond acceptors (Lipinski definition) is 5. The zero-order valence-electron chi connectivity index (χ0n) is 20.9. The van der Waals surface area contributed by atoms with Crippen molar-refractivity contribution < 1.29 is 24.2 Å². The minimum absolute atomic E-state index is 0.0300. The van der Waals surface area contributed by atoms with Gasteiger partial charge in [-0.05, 0) is 43.2 Å². The molecule has 1 heterocycles. The van der Waals surface area contributed by atoms with Gasteiger partial charge in [0.15, 0.2) is 12.7 Å². The molecular formula is C28H38N2O5. The van der Waals surface area contributed by atoms with Gasteiger partial charge in [0.2, 0.25) is 0 Å². The number of rotatable bonds is 15. The van der Waals surface area contributed by atoms with E-state index < -0.39 is 12.1 Å². The highest BCUT2D eigenvalue weighted by Crippen LogP contribution is 2.31. The Balaban J connectivity index is 1.69. The predicted molar refractivity (Wildman–Crippen MR) is 138 cm³/mol. The van der Waals surface area contributed by atoms with Crippen molar-refractivity contribution in [1.82, 2.24) is 0 Å². The average Bonchev–Trinajstić information content (AvgIpc) is 2.87. The number of hydrogen-bond donors (Lipinski definition) is 1. The lowest BCUT2D eigenvalue weighted by molar-refractivity contribution is -0.149. The molecular weight excluding hydrogens is 444 g/mol. The summed E-state index contributed by atoms with van der Waals surface area (Å²) < 4.78 is 10.9. The standard InChI is InChI=1S/C28H38N2O5/c1-3-5-6-7-10-17-29(18-19-30-24-11-8-9-12-25(24)35-21-27(30)31)23-15-13-22(14-16-23)20-26(28(32)33)34-4-2/h8-9,11-16,26H,3-7,10,17-21H2,1-2H3,(H,32,33). The molecule has 190 valence electrons. The first-order chi connectivity index (χ1) is 17.0. The molecule has 1 amide bonds. The summed E-state index contributed by atoms with van der Waals surface area (Å²) in [6.45, 7) is 6.61. The van der Waals surface area contributed by atoms with Crippen LogP contribution in [0.5, 0.6) is 5.75 Å². The summed E-state index contributed by atoms with van der Waals surface area (Å²) in [7, 11) is 0. The van der Waals surface area contributed by atoms with E-state index in [4.69, 9.17) is 9.47 Å². The highest BCUT2D eigenvalue weighted by molar-refractivity contribution is 5.97. The second-order valence-corrected chi connectivity index (χ2v) is 8.86. The summed E-state index contributed by atoms with van der Waals surface area (Å²) in [4.78, 5) is 28.2. The van der Waals surface area contributed by atoms with E-state index in [1.54, 1.807) is 6.92 Å². The third-order valence-electron chi connectivity index (χ3n) is 6.30. The lowest BCUT2D eigenvalue weighted by Crippen LogP contribution is -2.43. The highest BCUT2D eigenvalue weighted by atomic mass is 16.5. The van der Waals surface area contributed by atoms with Gasteiger partial charge in [-0.1, -0.05) is 56.9 Å². The number of carboxylic acids is 1. The maximum Gasteiger partial charge on any atom is 0.333 e. The quantitative estimate of drug-likeness (QED) is 0.363. The zero-order chi connectivity index (χ0) is 25.0. The van der Waals surface area contributed by atoms with Crippen LogP contribution in [0.2, 0.25) is 0 Å². The van der Waals surface area contributed by atoms with Crippen molar-refractivity contribution in [3.05, 3.63) is 54.1 Å². The third-order valence-corrected chi connectivity index (χ3v) is 6.30. The minimum Gasteiger partial charge on any atom is -0.482 e. The number of anilines is 2. The number of carbonyl (C=O) groups excluding carboxylic acids is 1. The van der Waals surface area contributed by atoms with Crippen LogP contribution in [-0.2, 0) is 20.7 Å². The molecule has 0 aliphatic carbocycles. The molecule has 1 atom stereocenters. The van der Waals surface area contributed by atoms with Crippen LogP contribution in [-0.4, -0.2) is 55.9 Å². The lowest BCUT2D eigenvalue weighted by atomic mass is 10.1. The van der Waals surface area contributed by atoms with Gasteiger partial charge in [-0.3, -0.25) is 4.79 Å². The van der Waals surface area contributed by atoms with Crippen molar-refractivity contribution >= 4 is 23.3 Å². The SMILES string of the molecule is CCCCCCCN(CCN1C(=O)COc2ccccc21)c1ccc(CC(OCC)C(=O)O)cc1. The normalized spacial score (nSPS) is 13.8. The Bertz CT molecular complexity index is 947. The molecule has 35 heavy (non-hydrogen) atoms. The molecule has 3 rings (SSSR count). The molecule has 7 heteroatoms. The van der Waals surface area contributed by atoms with E-state index in [-0.39, 0.29) is 12.5 Å². The average molecular weight is 483 g/mol. The number of aliphatic carboxylic acids is 1. The van der Waals surface area contributed by atoms with Crippen molar-refractivity contribution in [3.63, 3.8) is 0 Å². The number of benzene rings is 2. The zero-order valence-corrected chi connectivity index (χ0v) is 20.9. The topological polar surface area (TPSA) is 79.3 Å². The lowest BCUT2D eigenvalue weighted by Gasteiger charge is -2.32.